The third-order valence-electron chi connectivity index (χ3n) is 1.92. The van der Waals surface area contributed by atoms with Crippen molar-refractivity contribution < 1.29 is 9.90 Å². The molecular formula is C9H14N4O2. The van der Waals surface area contributed by atoms with Crippen molar-refractivity contribution in [3.8, 4) is 0 Å². The molecule has 0 aliphatic heterocycles. The number of aliphatic carboxylic acids is 1. The van der Waals surface area contributed by atoms with E-state index in [1.54, 1.807) is 11.1 Å². The Morgan fingerprint density at radius 1 is 1.53 bits per heavy atom. The van der Waals surface area contributed by atoms with Crippen LogP contribution in [0.5, 0.6) is 0 Å². The van der Waals surface area contributed by atoms with Crippen molar-refractivity contribution in [1.82, 2.24) is 15.2 Å². The predicted octanol–water partition coefficient (Wildman–Crippen LogP) is 0.561. The van der Waals surface area contributed by atoms with Crippen LogP contribution in [0.4, 0.5) is 5.95 Å². The minimum Gasteiger partial charge on any atom is -0.481 e. The molecule has 0 radical (unpaired) electrons. The van der Waals surface area contributed by atoms with Crippen molar-refractivity contribution in [1.29, 1.82) is 0 Å². The summed E-state index contributed by atoms with van der Waals surface area (Å²) in [5.74, 6) is -0.363. The summed E-state index contributed by atoms with van der Waals surface area (Å²) < 4.78 is 0. The first-order chi connectivity index (χ1) is 7.11. The van der Waals surface area contributed by atoms with Crippen molar-refractivity contribution >= 4 is 11.9 Å². The van der Waals surface area contributed by atoms with E-state index in [0.29, 0.717) is 12.5 Å². The number of rotatable bonds is 5. The number of hydrogen-bond acceptors (Lipinski definition) is 5. The predicted molar refractivity (Wildman–Crippen MR) is 54.6 cm³/mol. The van der Waals surface area contributed by atoms with Crippen LogP contribution < -0.4 is 4.90 Å². The van der Waals surface area contributed by atoms with Gasteiger partial charge in [0.15, 0.2) is 0 Å². The zero-order chi connectivity index (χ0) is 11.3. The Morgan fingerprint density at radius 3 is 2.73 bits per heavy atom. The van der Waals surface area contributed by atoms with Crippen LogP contribution in [0.3, 0.4) is 0 Å². The lowest BCUT2D eigenvalue weighted by molar-refractivity contribution is -0.136. The van der Waals surface area contributed by atoms with Gasteiger partial charge in [-0.3, -0.25) is 4.79 Å². The molecule has 0 saturated carbocycles. The van der Waals surface area contributed by atoms with Crippen LogP contribution in [0, 0.1) is 0 Å². The molecule has 1 heterocycles. The molecule has 0 saturated heterocycles. The van der Waals surface area contributed by atoms with Gasteiger partial charge in [-0.1, -0.05) is 0 Å². The molecule has 0 bridgehead atoms. The Balaban J connectivity index is 2.70. The van der Waals surface area contributed by atoms with E-state index in [0.717, 1.165) is 0 Å². The molecule has 1 rings (SSSR count). The first-order valence-electron chi connectivity index (χ1n) is 4.73. The van der Waals surface area contributed by atoms with Crippen LogP contribution in [0.15, 0.2) is 12.4 Å². The van der Waals surface area contributed by atoms with Gasteiger partial charge >= 0.3 is 5.97 Å². The highest BCUT2D eigenvalue weighted by atomic mass is 16.4. The highest BCUT2D eigenvalue weighted by Gasteiger charge is 2.14. The van der Waals surface area contributed by atoms with Crippen LogP contribution >= 0.6 is 0 Å². The van der Waals surface area contributed by atoms with Crippen molar-refractivity contribution in [2.75, 3.05) is 11.4 Å². The quantitative estimate of drug-likeness (QED) is 0.765. The first kappa shape index (κ1) is 11.4. The van der Waals surface area contributed by atoms with Gasteiger partial charge in [-0.2, -0.15) is 5.10 Å². The van der Waals surface area contributed by atoms with Gasteiger partial charge in [0, 0.05) is 12.6 Å². The summed E-state index contributed by atoms with van der Waals surface area (Å²) in [6, 6.07) is 0.147. The molecule has 6 heteroatoms. The number of carboxylic acid groups (broad SMARTS) is 1. The molecule has 1 aromatic heterocycles. The Kier molecular flexibility index (Phi) is 3.96. The molecule has 1 aromatic rings. The number of aromatic nitrogens is 3. The van der Waals surface area contributed by atoms with E-state index < -0.39 is 5.97 Å². The van der Waals surface area contributed by atoms with Crippen molar-refractivity contribution in [3.05, 3.63) is 12.4 Å². The van der Waals surface area contributed by atoms with E-state index in [-0.39, 0.29) is 12.5 Å². The van der Waals surface area contributed by atoms with Crippen LogP contribution in [-0.4, -0.2) is 38.8 Å². The third-order valence-corrected chi connectivity index (χ3v) is 1.92. The molecule has 0 spiro atoms. The second-order valence-electron chi connectivity index (χ2n) is 3.37. The van der Waals surface area contributed by atoms with E-state index in [9.17, 15) is 4.79 Å². The lowest BCUT2D eigenvalue weighted by Gasteiger charge is -2.25. The summed E-state index contributed by atoms with van der Waals surface area (Å²) in [5.41, 5.74) is 0. The molecule has 0 aromatic carbocycles. The fourth-order valence-electron chi connectivity index (χ4n) is 1.18. The molecule has 15 heavy (non-hydrogen) atoms. The van der Waals surface area contributed by atoms with Gasteiger partial charge < -0.3 is 10.0 Å². The largest absolute Gasteiger partial charge is 0.481 e. The Bertz CT molecular complexity index is 315. The van der Waals surface area contributed by atoms with Gasteiger partial charge in [0.1, 0.15) is 0 Å². The molecule has 0 atom stereocenters. The van der Waals surface area contributed by atoms with Crippen molar-refractivity contribution in [2.45, 2.75) is 26.3 Å². The summed E-state index contributed by atoms with van der Waals surface area (Å²) in [6.45, 7) is 4.30. The number of carboxylic acids is 1. The number of hydrogen-bond donors (Lipinski definition) is 1. The summed E-state index contributed by atoms with van der Waals surface area (Å²) in [4.78, 5) is 16.3. The zero-order valence-corrected chi connectivity index (χ0v) is 8.79. The smallest absolute Gasteiger partial charge is 0.305 e. The Labute approximate surface area is 88.0 Å². The number of anilines is 1. The van der Waals surface area contributed by atoms with E-state index in [1.165, 1.54) is 6.20 Å². The lowest BCUT2D eigenvalue weighted by Crippen LogP contribution is -2.34. The maximum Gasteiger partial charge on any atom is 0.305 e. The van der Waals surface area contributed by atoms with Gasteiger partial charge in [0.25, 0.3) is 0 Å². The summed E-state index contributed by atoms with van der Waals surface area (Å²) in [5, 5.41) is 16.2. The molecular weight excluding hydrogens is 196 g/mol. The third kappa shape index (κ3) is 3.49. The fraction of sp³-hybridized carbons (Fsp3) is 0.556. The topological polar surface area (TPSA) is 79.2 Å². The molecule has 1 N–H and O–H groups in total. The van der Waals surface area contributed by atoms with Crippen LogP contribution in [-0.2, 0) is 4.79 Å². The van der Waals surface area contributed by atoms with Gasteiger partial charge in [0.05, 0.1) is 18.8 Å². The average molecular weight is 210 g/mol. The average Bonchev–Trinajstić information content (AvgIpc) is 2.18. The van der Waals surface area contributed by atoms with E-state index >= 15 is 0 Å². The molecule has 0 aliphatic carbocycles. The van der Waals surface area contributed by atoms with E-state index in [2.05, 4.69) is 15.2 Å². The number of nitrogens with zero attached hydrogens (tertiary/aromatic N) is 4. The molecule has 0 amide bonds. The second kappa shape index (κ2) is 5.23. The minimum absolute atomic E-state index is 0.0659. The highest BCUT2D eigenvalue weighted by molar-refractivity contribution is 5.67. The van der Waals surface area contributed by atoms with E-state index in [4.69, 9.17) is 5.11 Å². The molecule has 0 fully saturated rings. The lowest BCUT2D eigenvalue weighted by atomic mass is 10.3. The highest BCUT2D eigenvalue weighted by Crippen LogP contribution is 2.09. The van der Waals surface area contributed by atoms with Gasteiger partial charge in [0.2, 0.25) is 5.95 Å². The summed E-state index contributed by atoms with van der Waals surface area (Å²) >= 11 is 0. The monoisotopic (exact) mass is 210 g/mol. The summed E-state index contributed by atoms with van der Waals surface area (Å²) in [6.07, 6.45) is 3.09. The minimum atomic E-state index is -0.829. The van der Waals surface area contributed by atoms with Crippen LogP contribution in [0.25, 0.3) is 0 Å². The summed E-state index contributed by atoms with van der Waals surface area (Å²) in [7, 11) is 0. The van der Waals surface area contributed by atoms with E-state index in [1.807, 2.05) is 13.8 Å². The maximum atomic E-state index is 10.5. The zero-order valence-electron chi connectivity index (χ0n) is 8.79. The fourth-order valence-corrected chi connectivity index (χ4v) is 1.18. The second-order valence-corrected chi connectivity index (χ2v) is 3.37. The van der Waals surface area contributed by atoms with Crippen LogP contribution in [0.1, 0.15) is 20.3 Å². The SMILES string of the molecule is CC(C)N(CCC(=O)O)c1nccnn1. The van der Waals surface area contributed by atoms with Gasteiger partial charge in [-0.15, -0.1) is 5.10 Å². The standard InChI is InChI=1S/C9H14N4O2/c1-7(2)13(6-3-8(14)15)9-10-4-5-11-12-9/h4-5,7H,3,6H2,1-2H3,(H,14,15). The molecule has 0 aliphatic rings. The Morgan fingerprint density at radius 2 is 2.27 bits per heavy atom. The maximum absolute atomic E-state index is 10.5. The molecule has 0 unspecified atom stereocenters. The van der Waals surface area contributed by atoms with Crippen molar-refractivity contribution in [2.24, 2.45) is 0 Å². The van der Waals surface area contributed by atoms with Gasteiger partial charge in [-0.05, 0) is 13.8 Å². The molecule has 6 nitrogen and oxygen atoms in total. The van der Waals surface area contributed by atoms with Crippen molar-refractivity contribution in [3.63, 3.8) is 0 Å². The Hall–Kier alpha value is -1.72. The van der Waals surface area contributed by atoms with Gasteiger partial charge in [-0.25, -0.2) is 4.98 Å². The number of carbonyl (C=O) groups is 1. The normalized spacial score (nSPS) is 10.3. The van der Waals surface area contributed by atoms with Crippen LogP contribution in [0.2, 0.25) is 0 Å². The molecule has 82 valence electrons. The first-order valence-corrected chi connectivity index (χ1v) is 4.73.